The fraction of sp³-hybridized carbons (Fsp3) is 0.0769. The lowest BCUT2D eigenvalue weighted by Gasteiger charge is -2.07. The second-order valence-corrected chi connectivity index (χ2v) is 5.98. The number of nitrogen functional groups attached to an aromatic ring is 1. The van der Waals surface area contributed by atoms with Crippen molar-refractivity contribution < 1.29 is 4.21 Å². The van der Waals surface area contributed by atoms with Crippen molar-refractivity contribution in [3.8, 4) is 0 Å². The van der Waals surface area contributed by atoms with Gasteiger partial charge in [-0.25, -0.2) is 0 Å². The van der Waals surface area contributed by atoms with Gasteiger partial charge in [0, 0.05) is 5.69 Å². The number of hydrogen-bond acceptors (Lipinski definition) is 2. The lowest BCUT2D eigenvalue weighted by atomic mass is 10.2. The molecule has 0 aliphatic rings. The van der Waals surface area contributed by atoms with Crippen LogP contribution in [0.25, 0.3) is 0 Å². The van der Waals surface area contributed by atoms with Crippen LogP contribution in [-0.2, 0) is 16.6 Å². The summed E-state index contributed by atoms with van der Waals surface area (Å²) in [6, 6.07) is 12.3. The number of rotatable bonds is 3. The van der Waals surface area contributed by atoms with Crippen LogP contribution >= 0.6 is 23.2 Å². The summed E-state index contributed by atoms with van der Waals surface area (Å²) in [5, 5.41) is 0.854. The van der Waals surface area contributed by atoms with Crippen LogP contribution in [0.2, 0.25) is 10.0 Å². The monoisotopic (exact) mass is 299 g/mol. The first-order valence-electron chi connectivity index (χ1n) is 5.25. The van der Waals surface area contributed by atoms with E-state index >= 15 is 0 Å². The Morgan fingerprint density at radius 1 is 1.00 bits per heavy atom. The maximum absolute atomic E-state index is 12.3. The van der Waals surface area contributed by atoms with Crippen molar-refractivity contribution in [1.82, 2.24) is 0 Å². The molecule has 94 valence electrons. The van der Waals surface area contributed by atoms with Crippen LogP contribution < -0.4 is 5.73 Å². The Balaban J connectivity index is 2.25. The van der Waals surface area contributed by atoms with E-state index < -0.39 is 10.8 Å². The Bertz CT molecular complexity index is 564. The maximum Gasteiger partial charge on any atom is 0.0763 e. The minimum Gasteiger partial charge on any atom is -0.399 e. The largest absolute Gasteiger partial charge is 0.399 e. The minimum absolute atomic E-state index is 0.365. The van der Waals surface area contributed by atoms with Crippen LogP contribution in [0.4, 0.5) is 5.69 Å². The van der Waals surface area contributed by atoms with Crippen molar-refractivity contribution >= 4 is 39.7 Å². The Kier molecular flexibility index (Phi) is 4.27. The highest BCUT2D eigenvalue weighted by molar-refractivity contribution is 7.84. The molecule has 2 N–H and O–H groups in total. The first-order valence-corrected chi connectivity index (χ1v) is 7.32. The quantitative estimate of drug-likeness (QED) is 0.874. The van der Waals surface area contributed by atoms with Gasteiger partial charge in [0.1, 0.15) is 0 Å². The van der Waals surface area contributed by atoms with E-state index in [0.29, 0.717) is 26.4 Å². The molecule has 2 aromatic rings. The van der Waals surface area contributed by atoms with E-state index in [1.54, 1.807) is 30.3 Å². The molecule has 18 heavy (non-hydrogen) atoms. The molecule has 0 aliphatic carbocycles. The normalized spacial score (nSPS) is 12.3. The van der Waals surface area contributed by atoms with Gasteiger partial charge in [-0.05, 0) is 29.8 Å². The van der Waals surface area contributed by atoms with Crippen LogP contribution in [0.1, 0.15) is 5.56 Å². The predicted molar refractivity (Wildman–Crippen MR) is 77.4 cm³/mol. The summed E-state index contributed by atoms with van der Waals surface area (Å²) in [6.07, 6.45) is 0. The molecule has 0 saturated carbocycles. The molecule has 1 atom stereocenters. The van der Waals surface area contributed by atoms with Gasteiger partial charge in [-0.1, -0.05) is 41.4 Å². The molecule has 0 saturated heterocycles. The highest BCUT2D eigenvalue weighted by Crippen LogP contribution is 2.29. The van der Waals surface area contributed by atoms with Gasteiger partial charge in [-0.2, -0.15) is 0 Å². The third kappa shape index (κ3) is 3.05. The lowest BCUT2D eigenvalue weighted by Crippen LogP contribution is -1.98. The molecule has 0 bridgehead atoms. The molecule has 1 unspecified atom stereocenters. The molecule has 5 heteroatoms. The molecule has 0 heterocycles. The SMILES string of the molecule is Nc1ccc(CS(=O)c2c(Cl)cccc2Cl)cc1. The van der Waals surface area contributed by atoms with Crippen molar-refractivity contribution in [3.63, 3.8) is 0 Å². The smallest absolute Gasteiger partial charge is 0.0763 e. The summed E-state index contributed by atoms with van der Waals surface area (Å²) in [7, 11) is -1.27. The number of anilines is 1. The Labute approximate surface area is 118 Å². The average Bonchev–Trinajstić information content (AvgIpc) is 2.32. The first-order chi connectivity index (χ1) is 8.58. The molecule has 0 spiro atoms. The maximum atomic E-state index is 12.3. The van der Waals surface area contributed by atoms with E-state index in [2.05, 4.69) is 0 Å². The van der Waals surface area contributed by atoms with Crippen LogP contribution in [0, 0.1) is 0 Å². The summed E-state index contributed by atoms with van der Waals surface area (Å²) < 4.78 is 12.3. The van der Waals surface area contributed by atoms with Crippen molar-refractivity contribution in [3.05, 3.63) is 58.1 Å². The predicted octanol–water partition coefficient (Wildman–Crippen LogP) is 3.88. The molecule has 0 fully saturated rings. The highest BCUT2D eigenvalue weighted by Gasteiger charge is 2.13. The van der Waals surface area contributed by atoms with Crippen LogP contribution in [0.3, 0.4) is 0 Å². The molecule has 0 aromatic heterocycles. The molecular formula is C13H11Cl2NOS. The van der Waals surface area contributed by atoms with E-state index in [1.807, 2.05) is 12.1 Å². The van der Waals surface area contributed by atoms with Crippen LogP contribution in [0.15, 0.2) is 47.4 Å². The van der Waals surface area contributed by atoms with E-state index in [4.69, 9.17) is 28.9 Å². The van der Waals surface area contributed by atoms with Gasteiger partial charge < -0.3 is 5.73 Å². The van der Waals surface area contributed by atoms with Crippen molar-refractivity contribution in [2.24, 2.45) is 0 Å². The summed E-state index contributed by atoms with van der Waals surface area (Å²) in [5.41, 5.74) is 7.21. The summed E-state index contributed by atoms with van der Waals surface area (Å²) in [5.74, 6) is 0.365. The Morgan fingerprint density at radius 2 is 1.56 bits per heavy atom. The molecular weight excluding hydrogens is 289 g/mol. The fourth-order valence-corrected chi connectivity index (χ4v) is 3.66. The third-order valence-corrected chi connectivity index (χ3v) is 4.77. The van der Waals surface area contributed by atoms with Crippen LogP contribution in [-0.4, -0.2) is 4.21 Å². The number of halogens is 2. The zero-order valence-corrected chi connectivity index (χ0v) is 11.7. The van der Waals surface area contributed by atoms with Crippen molar-refractivity contribution in [2.45, 2.75) is 10.6 Å². The fourth-order valence-electron chi connectivity index (χ4n) is 1.54. The van der Waals surface area contributed by atoms with E-state index in [0.717, 1.165) is 5.56 Å². The van der Waals surface area contributed by atoms with Gasteiger partial charge in [-0.3, -0.25) is 4.21 Å². The molecule has 0 aliphatic heterocycles. The average molecular weight is 300 g/mol. The molecule has 0 amide bonds. The van der Waals surface area contributed by atoms with Gasteiger partial charge in [0.15, 0.2) is 0 Å². The molecule has 0 radical (unpaired) electrons. The Hall–Kier alpha value is -1.03. The number of benzene rings is 2. The van der Waals surface area contributed by atoms with Crippen molar-refractivity contribution in [2.75, 3.05) is 5.73 Å². The van der Waals surface area contributed by atoms with E-state index in [9.17, 15) is 4.21 Å². The second kappa shape index (κ2) is 5.74. The van der Waals surface area contributed by atoms with Crippen LogP contribution in [0.5, 0.6) is 0 Å². The van der Waals surface area contributed by atoms with Gasteiger partial charge >= 0.3 is 0 Å². The third-order valence-electron chi connectivity index (χ3n) is 2.42. The molecule has 2 rings (SSSR count). The second-order valence-electron chi connectivity index (χ2n) is 3.78. The van der Waals surface area contributed by atoms with Gasteiger partial charge in [0.2, 0.25) is 0 Å². The number of hydrogen-bond donors (Lipinski definition) is 1. The summed E-state index contributed by atoms with van der Waals surface area (Å²) >= 11 is 12.0. The first kappa shape index (κ1) is 13.4. The zero-order chi connectivity index (χ0) is 13.1. The standard InChI is InChI=1S/C13H11Cl2NOS/c14-11-2-1-3-12(15)13(11)18(17)8-9-4-6-10(16)7-5-9/h1-7H,8,16H2. The van der Waals surface area contributed by atoms with Gasteiger partial charge in [-0.15, -0.1) is 0 Å². The van der Waals surface area contributed by atoms with Crippen molar-refractivity contribution in [1.29, 1.82) is 0 Å². The van der Waals surface area contributed by atoms with E-state index in [-0.39, 0.29) is 0 Å². The van der Waals surface area contributed by atoms with E-state index in [1.165, 1.54) is 0 Å². The zero-order valence-electron chi connectivity index (χ0n) is 9.40. The molecule has 2 aromatic carbocycles. The van der Waals surface area contributed by atoms with Gasteiger partial charge in [0.25, 0.3) is 0 Å². The molecule has 2 nitrogen and oxygen atoms in total. The number of nitrogens with two attached hydrogens (primary N) is 1. The summed E-state index contributed by atoms with van der Waals surface area (Å²) in [4.78, 5) is 0.484. The highest BCUT2D eigenvalue weighted by atomic mass is 35.5. The van der Waals surface area contributed by atoms with Gasteiger partial charge in [0.05, 0.1) is 31.5 Å². The summed E-state index contributed by atoms with van der Waals surface area (Å²) in [6.45, 7) is 0. The Morgan fingerprint density at radius 3 is 2.11 bits per heavy atom. The minimum atomic E-state index is -1.27. The lowest BCUT2D eigenvalue weighted by molar-refractivity contribution is 0.682. The topological polar surface area (TPSA) is 43.1 Å².